The predicted molar refractivity (Wildman–Crippen MR) is 82.6 cm³/mol. The molecule has 5 heteroatoms. The third kappa shape index (κ3) is 2.49. The van der Waals surface area contributed by atoms with E-state index in [1.165, 1.54) is 6.08 Å². The van der Waals surface area contributed by atoms with Gasteiger partial charge in [-0.3, -0.25) is 4.79 Å². The molecule has 0 saturated heterocycles. The molecule has 1 heterocycles. The molecule has 0 spiro atoms. The minimum Gasteiger partial charge on any atom is -0.487 e. The van der Waals surface area contributed by atoms with Crippen molar-refractivity contribution >= 4 is 5.78 Å². The summed E-state index contributed by atoms with van der Waals surface area (Å²) in [4.78, 5) is 11.4. The Morgan fingerprint density at radius 2 is 2.09 bits per heavy atom. The molecular weight excluding hydrogens is 294 g/mol. The van der Waals surface area contributed by atoms with Gasteiger partial charge in [0.15, 0.2) is 11.9 Å². The van der Waals surface area contributed by atoms with E-state index in [1.807, 2.05) is 0 Å². The molecule has 1 aliphatic carbocycles. The molecule has 3 rings (SSSR count). The molecule has 2 atom stereocenters. The van der Waals surface area contributed by atoms with Crippen molar-refractivity contribution in [1.29, 1.82) is 5.26 Å². The van der Waals surface area contributed by atoms with Gasteiger partial charge < -0.3 is 14.6 Å². The number of benzene rings is 1. The van der Waals surface area contributed by atoms with Crippen molar-refractivity contribution in [2.24, 2.45) is 0 Å². The van der Waals surface area contributed by atoms with Crippen molar-refractivity contribution in [2.75, 3.05) is 0 Å². The van der Waals surface area contributed by atoms with E-state index in [2.05, 4.69) is 6.07 Å². The molecule has 1 unspecified atom stereocenters. The van der Waals surface area contributed by atoms with Gasteiger partial charge in [0, 0.05) is 24.5 Å². The Kier molecular flexibility index (Phi) is 3.46. The van der Waals surface area contributed by atoms with E-state index in [-0.39, 0.29) is 5.78 Å². The van der Waals surface area contributed by atoms with Crippen LogP contribution in [0.15, 0.2) is 30.0 Å². The van der Waals surface area contributed by atoms with Crippen LogP contribution in [0, 0.1) is 11.3 Å². The number of hydrogen-bond acceptors (Lipinski definition) is 5. The van der Waals surface area contributed by atoms with Crippen molar-refractivity contribution in [3.63, 3.8) is 0 Å². The molecule has 120 valence electrons. The van der Waals surface area contributed by atoms with Gasteiger partial charge in [-0.05, 0) is 39.0 Å². The lowest BCUT2D eigenvalue weighted by Crippen LogP contribution is -2.58. The number of ether oxygens (including phenoxy) is 2. The number of nitriles is 1. The Bertz CT molecular complexity index is 740. The number of fused-ring (bicyclic) bond motifs is 1. The van der Waals surface area contributed by atoms with E-state index in [1.54, 1.807) is 39.0 Å². The van der Waals surface area contributed by atoms with Gasteiger partial charge in [-0.25, -0.2) is 0 Å². The van der Waals surface area contributed by atoms with E-state index in [9.17, 15) is 9.90 Å². The number of nitrogens with zero attached hydrogens (tertiary/aromatic N) is 1. The van der Waals surface area contributed by atoms with Crippen LogP contribution in [0.1, 0.15) is 50.8 Å². The van der Waals surface area contributed by atoms with Gasteiger partial charge in [0.1, 0.15) is 22.7 Å². The molecule has 0 saturated carbocycles. The average molecular weight is 313 g/mol. The van der Waals surface area contributed by atoms with Gasteiger partial charge in [0.05, 0.1) is 11.6 Å². The fourth-order valence-electron chi connectivity index (χ4n) is 2.91. The van der Waals surface area contributed by atoms with Crippen LogP contribution in [0.3, 0.4) is 0 Å². The Morgan fingerprint density at radius 3 is 2.70 bits per heavy atom. The second kappa shape index (κ2) is 5.10. The minimum atomic E-state index is -1.33. The number of aliphatic hydroxyl groups is 1. The summed E-state index contributed by atoms with van der Waals surface area (Å²) >= 11 is 0. The van der Waals surface area contributed by atoms with Crippen LogP contribution >= 0.6 is 0 Å². The molecule has 23 heavy (non-hydrogen) atoms. The SMILES string of the molecule is CC1(C)Oc2ccc(C#N)cc2C(OC2=CC(=O)CC2)[C@]1(C)O. The Hall–Kier alpha value is -2.32. The van der Waals surface area contributed by atoms with Crippen LogP contribution in [0.2, 0.25) is 0 Å². The first-order valence-electron chi connectivity index (χ1n) is 7.60. The summed E-state index contributed by atoms with van der Waals surface area (Å²) in [5, 5.41) is 20.2. The maximum absolute atomic E-state index is 11.4. The van der Waals surface area contributed by atoms with Crippen LogP contribution in [-0.4, -0.2) is 22.1 Å². The normalized spacial score (nSPS) is 28.4. The molecule has 0 radical (unpaired) electrons. The van der Waals surface area contributed by atoms with E-state index in [4.69, 9.17) is 14.7 Å². The largest absolute Gasteiger partial charge is 0.487 e. The molecule has 2 aliphatic rings. The van der Waals surface area contributed by atoms with Crippen molar-refractivity contribution in [1.82, 2.24) is 0 Å². The zero-order chi connectivity index (χ0) is 16.8. The second-order valence-electron chi connectivity index (χ2n) is 6.70. The fraction of sp³-hybridized carbons (Fsp3) is 0.444. The highest BCUT2D eigenvalue weighted by atomic mass is 16.6. The lowest BCUT2D eigenvalue weighted by molar-refractivity contribution is -0.188. The predicted octanol–water partition coefficient (Wildman–Crippen LogP) is 2.78. The molecular formula is C18H19NO4. The molecule has 1 aromatic rings. The zero-order valence-corrected chi connectivity index (χ0v) is 13.4. The van der Waals surface area contributed by atoms with Gasteiger partial charge in [0.25, 0.3) is 0 Å². The Morgan fingerprint density at radius 1 is 1.35 bits per heavy atom. The summed E-state index contributed by atoms with van der Waals surface area (Å²) in [6, 6.07) is 7.14. The third-order valence-electron chi connectivity index (χ3n) is 4.72. The quantitative estimate of drug-likeness (QED) is 0.908. The number of hydrogen-bond donors (Lipinski definition) is 1. The number of allylic oxidation sites excluding steroid dienone is 2. The first-order chi connectivity index (χ1) is 10.7. The van der Waals surface area contributed by atoms with Crippen molar-refractivity contribution in [3.05, 3.63) is 41.2 Å². The summed E-state index contributed by atoms with van der Waals surface area (Å²) in [6.45, 7) is 5.23. The molecule has 1 aliphatic heterocycles. The summed E-state index contributed by atoms with van der Waals surface area (Å²) < 4.78 is 11.9. The molecule has 0 fully saturated rings. The molecule has 0 amide bonds. The van der Waals surface area contributed by atoms with Crippen LogP contribution in [0.5, 0.6) is 5.75 Å². The zero-order valence-electron chi connectivity index (χ0n) is 13.4. The molecule has 0 bridgehead atoms. The van der Waals surface area contributed by atoms with E-state index in [0.717, 1.165) is 0 Å². The Labute approximate surface area is 135 Å². The van der Waals surface area contributed by atoms with Gasteiger partial charge in [-0.2, -0.15) is 5.26 Å². The summed E-state index contributed by atoms with van der Waals surface area (Å²) in [5.74, 6) is 1.17. The maximum atomic E-state index is 11.4. The summed E-state index contributed by atoms with van der Waals surface area (Å²) in [6.07, 6.45) is 1.72. The fourth-order valence-corrected chi connectivity index (χ4v) is 2.91. The highest BCUT2D eigenvalue weighted by molar-refractivity contribution is 5.92. The van der Waals surface area contributed by atoms with Crippen LogP contribution in [-0.2, 0) is 9.53 Å². The number of carbonyl (C=O) groups excluding carboxylic acids is 1. The second-order valence-corrected chi connectivity index (χ2v) is 6.70. The van der Waals surface area contributed by atoms with Gasteiger partial charge in [-0.15, -0.1) is 0 Å². The summed E-state index contributed by atoms with van der Waals surface area (Å²) in [7, 11) is 0. The highest BCUT2D eigenvalue weighted by Crippen LogP contribution is 2.49. The van der Waals surface area contributed by atoms with E-state index in [0.29, 0.717) is 35.5 Å². The third-order valence-corrected chi connectivity index (χ3v) is 4.72. The smallest absolute Gasteiger partial charge is 0.159 e. The number of ketones is 1. The van der Waals surface area contributed by atoms with E-state index < -0.39 is 17.3 Å². The molecule has 1 aromatic carbocycles. The van der Waals surface area contributed by atoms with E-state index >= 15 is 0 Å². The minimum absolute atomic E-state index is 0.0250. The van der Waals surface area contributed by atoms with Crippen molar-refractivity contribution in [3.8, 4) is 11.8 Å². The van der Waals surface area contributed by atoms with Crippen LogP contribution < -0.4 is 4.74 Å². The standard InChI is InChI=1S/C18H19NO4/c1-17(2)18(3,21)16(22-13-6-5-12(20)9-13)14-8-11(10-19)4-7-15(14)23-17/h4,7-9,16,21H,5-6H2,1-3H3/t16?,18-/m0/s1. The molecule has 1 N–H and O–H groups in total. The van der Waals surface area contributed by atoms with Gasteiger partial charge in [0.2, 0.25) is 0 Å². The highest BCUT2D eigenvalue weighted by Gasteiger charge is 2.54. The topological polar surface area (TPSA) is 79.5 Å². The number of rotatable bonds is 2. The van der Waals surface area contributed by atoms with Gasteiger partial charge >= 0.3 is 0 Å². The summed E-state index contributed by atoms with van der Waals surface area (Å²) in [5.41, 5.74) is -1.13. The lowest BCUT2D eigenvalue weighted by atomic mass is 9.77. The van der Waals surface area contributed by atoms with Crippen LogP contribution in [0.25, 0.3) is 0 Å². The average Bonchev–Trinajstić information content (AvgIpc) is 2.89. The first-order valence-corrected chi connectivity index (χ1v) is 7.60. The van der Waals surface area contributed by atoms with Crippen molar-refractivity contribution < 1.29 is 19.4 Å². The monoisotopic (exact) mass is 313 g/mol. The van der Waals surface area contributed by atoms with Crippen LogP contribution in [0.4, 0.5) is 0 Å². The first kappa shape index (κ1) is 15.6. The molecule has 5 nitrogen and oxygen atoms in total. The molecule has 0 aromatic heterocycles. The maximum Gasteiger partial charge on any atom is 0.159 e. The Balaban J connectivity index is 2.08. The number of carbonyl (C=O) groups is 1. The van der Waals surface area contributed by atoms with Gasteiger partial charge in [-0.1, -0.05) is 0 Å². The van der Waals surface area contributed by atoms with Crippen molar-refractivity contribution in [2.45, 2.75) is 50.9 Å². The lowest BCUT2D eigenvalue weighted by Gasteiger charge is -2.49.